The molecule has 0 spiro atoms. The first-order chi connectivity index (χ1) is 7.75. The molecule has 0 unspecified atom stereocenters. The lowest BCUT2D eigenvalue weighted by atomic mass is 10.0. The first-order valence-corrected chi connectivity index (χ1v) is 6.20. The van der Waals surface area contributed by atoms with E-state index in [1.54, 1.807) is 0 Å². The maximum Gasteiger partial charge on any atom is 0.0413 e. The van der Waals surface area contributed by atoms with Crippen LogP contribution in [0.4, 0.5) is 0 Å². The summed E-state index contributed by atoms with van der Waals surface area (Å²) in [6, 6.07) is 12.7. The first kappa shape index (κ1) is 11.3. The molecule has 0 aliphatic heterocycles. The molecule has 0 radical (unpaired) electrons. The summed E-state index contributed by atoms with van der Waals surface area (Å²) in [6.07, 6.45) is 3.96. The average molecular weight is 276 g/mol. The Morgan fingerprint density at radius 3 is 2.62 bits per heavy atom. The van der Waals surface area contributed by atoms with Gasteiger partial charge in [0.15, 0.2) is 0 Å². The standard InChI is InChI=1S/C14H14BrN/c1-11-13(9-14(15)10-16-11)8-7-12-5-3-2-4-6-12/h2-6,9-10H,7-8H2,1H3. The summed E-state index contributed by atoms with van der Waals surface area (Å²) in [5.41, 5.74) is 3.82. The molecule has 0 saturated heterocycles. The second kappa shape index (κ2) is 5.26. The van der Waals surface area contributed by atoms with Crippen molar-refractivity contribution in [3.63, 3.8) is 0 Å². The summed E-state index contributed by atoms with van der Waals surface area (Å²) < 4.78 is 1.06. The number of aryl methyl sites for hydroxylation is 3. The van der Waals surface area contributed by atoms with Crippen molar-refractivity contribution >= 4 is 15.9 Å². The Morgan fingerprint density at radius 1 is 1.12 bits per heavy atom. The van der Waals surface area contributed by atoms with Gasteiger partial charge in [-0.1, -0.05) is 30.3 Å². The highest BCUT2D eigenvalue weighted by Crippen LogP contribution is 2.15. The van der Waals surface area contributed by atoms with Gasteiger partial charge in [-0.25, -0.2) is 0 Å². The number of hydrogen-bond acceptors (Lipinski definition) is 1. The van der Waals surface area contributed by atoms with Crippen molar-refractivity contribution in [1.82, 2.24) is 4.98 Å². The molecule has 0 bridgehead atoms. The number of nitrogens with zero attached hydrogens (tertiary/aromatic N) is 1. The van der Waals surface area contributed by atoms with Gasteiger partial charge in [0.2, 0.25) is 0 Å². The molecule has 1 heterocycles. The molecule has 1 aromatic carbocycles. The van der Waals surface area contributed by atoms with Gasteiger partial charge in [-0.15, -0.1) is 0 Å². The molecule has 0 fully saturated rings. The van der Waals surface area contributed by atoms with Crippen LogP contribution in [0.1, 0.15) is 16.8 Å². The molecule has 0 atom stereocenters. The van der Waals surface area contributed by atoms with Crippen molar-refractivity contribution in [1.29, 1.82) is 0 Å². The molecule has 2 aromatic rings. The van der Waals surface area contributed by atoms with Gasteiger partial charge in [-0.2, -0.15) is 0 Å². The van der Waals surface area contributed by atoms with Crippen LogP contribution in [0.2, 0.25) is 0 Å². The molecular weight excluding hydrogens is 262 g/mol. The molecule has 0 aliphatic rings. The Balaban J connectivity index is 2.08. The van der Waals surface area contributed by atoms with Crippen LogP contribution in [0, 0.1) is 6.92 Å². The monoisotopic (exact) mass is 275 g/mol. The van der Waals surface area contributed by atoms with Gasteiger partial charge in [0.05, 0.1) is 0 Å². The largest absolute Gasteiger partial charge is 0.260 e. The summed E-state index contributed by atoms with van der Waals surface area (Å²) in [5, 5.41) is 0. The van der Waals surface area contributed by atoms with E-state index in [9.17, 15) is 0 Å². The number of benzene rings is 1. The summed E-state index contributed by atoms with van der Waals surface area (Å²) in [5.74, 6) is 0. The van der Waals surface area contributed by atoms with Crippen LogP contribution in [-0.4, -0.2) is 4.98 Å². The molecule has 0 amide bonds. The lowest BCUT2D eigenvalue weighted by Gasteiger charge is -2.05. The van der Waals surface area contributed by atoms with E-state index in [1.165, 1.54) is 11.1 Å². The third-order valence-electron chi connectivity index (χ3n) is 2.68. The predicted molar refractivity (Wildman–Crippen MR) is 70.5 cm³/mol. The van der Waals surface area contributed by atoms with E-state index in [4.69, 9.17) is 0 Å². The average Bonchev–Trinajstić information content (AvgIpc) is 2.32. The highest BCUT2D eigenvalue weighted by atomic mass is 79.9. The quantitative estimate of drug-likeness (QED) is 0.827. The van der Waals surface area contributed by atoms with E-state index in [1.807, 2.05) is 6.20 Å². The van der Waals surface area contributed by atoms with Crippen LogP contribution in [0.25, 0.3) is 0 Å². The third-order valence-corrected chi connectivity index (χ3v) is 3.12. The smallest absolute Gasteiger partial charge is 0.0413 e. The topological polar surface area (TPSA) is 12.9 Å². The van der Waals surface area contributed by atoms with Crippen LogP contribution in [0.15, 0.2) is 47.1 Å². The van der Waals surface area contributed by atoms with Gasteiger partial charge in [-0.3, -0.25) is 4.98 Å². The lowest BCUT2D eigenvalue weighted by molar-refractivity contribution is 0.928. The van der Waals surface area contributed by atoms with Crippen molar-refractivity contribution in [3.05, 3.63) is 63.9 Å². The zero-order valence-corrected chi connectivity index (χ0v) is 10.9. The van der Waals surface area contributed by atoms with E-state index in [0.29, 0.717) is 0 Å². The van der Waals surface area contributed by atoms with Crippen LogP contribution in [0.5, 0.6) is 0 Å². The summed E-state index contributed by atoms with van der Waals surface area (Å²) in [7, 11) is 0. The van der Waals surface area contributed by atoms with Gasteiger partial charge in [-0.05, 0) is 52.9 Å². The van der Waals surface area contributed by atoms with Gasteiger partial charge in [0.25, 0.3) is 0 Å². The summed E-state index contributed by atoms with van der Waals surface area (Å²) in [4.78, 5) is 4.34. The molecule has 0 N–H and O–H groups in total. The second-order valence-electron chi connectivity index (χ2n) is 3.88. The Labute approximate surface area is 105 Å². The fraction of sp³-hybridized carbons (Fsp3) is 0.214. The maximum atomic E-state index is 4.34. The number of pyridine rings is 1. The van der Waals surface area contributed by atoms with Gasteiger partial charge in [0.1, 0.15) is 0 Å². The molecule has 1 aromatic heterocycles. The SMILES string of the molecule is Cc1ncc(Br)cc1CCc1ccccc1. The van der Waals surface area contributed by atoms with E-state index < -0.39 is 0 Å². The zero-order valence-electron chi connectivity index (χ0n) is 9.28. The number of aromatic nitrogens is 1. The third kappa shape index (κ3) is 2.92. The van der Waals surface area contributed by atoms with Crippen molar-refractivity contribution < 1.29 is 0 Å². The van der Waals surface area contributed by atoms with Crippen molar-refractivity contribution in [2.75, 3.05) is 0 Å². The predicted octanol–water partition coefficient (Wildman–Crippen LogP) is 3.94. The van der Waals surface area contributed by atoms with Crippen molar-refractivity contribution in [2.45, 2.75) is 19.8 Å². The minimum atomic E-state index is 1.04. The Morgan fingerprint density at radius 2 is 1.88 bits per heavy atom. The van der Waals surface area contributed by atoms with Gasteiger partial charge < -0.3 is 0 Å². The Kier molecular flexibility index (Phi) is 3.73. The van der Waals surface area contributed by atoms with Crippen LogP contribution < -0.4 is 0 Å². The molecule has 2 heteroatoms. The Bertz CT molecular complexity index is 465. The first-order valence-electron chi connectivity index (χ1n) is 5.40. The molecule has 1 nitrogen and oxygen atoms in total. The normalized spacial score (nSPS) is 10.4. The number of rotatable bonds is 3. The van der Waals surface area contributed by atoms with E-state index in [2.05, 4.69) is 64.2 Å². The lowest BCUT2D eigenvalue weighted by Crippen LogP contribution is -1.96. The Hall–Kier alpha value is -1.15. The fourth-order valence-electron chi connectivity index (χ4n) is 1.73. The second-order valence-corrected chi connectivity index (χ2v) is 4.80. The van der Waals surface area contributed by atoms with Crippen molar-refractivity contribution in [3.8, 4) is 0 Å². The summed E-state index contributed by atoms with van der Waals surface area (Å²) >= 11 is 3.46. The number of halogens is 1. The highest BCUT2D eigenvalue weighted by Gasteiger charge is 2.01. The van der Waals surface area contributed by atoms with Crippen LogP contribution in [-0.2, 0) is 12.8 Å². The molecule has 0 aliphatic carbocycles. The van der Waals surface area contributed by atoms with E-state index in [0.717, 1.165) is 23.0 Å². The maximum absolute atomic E-state index is 4.34. The van der Waals surface area contributed by atoms with Gasteiger partial charge >= 0.3 is 0 Å². The molecular formula is C14H14BrN. The summed E-state index contributed by atoms with van der Waals surface area (Å²) in [6.45, 7) is 2.06. The number of hydrogen-bond donors (Lipinski definition) is 0. The zero-order chi connectivity index (χ0) is 11.4. The molecule has 0 saturated carbocycles. The molecule has 16 heavy (non-hydrogen) atoms. The van der Waals surface area contributed by atoms with Crippen molar-refractivity contribution in [2.24, 2.45) is 0 Å². The van der Waals surface area contributed by atoms with Gasteiger partial charge in [0, 0.05) is 16.4 Å². The molecule has 82 valence electrons. The molecule has 2 rings (SSSR count). The van der Waals surface area contributed by atoms with Crippen LogP contribution in [0.3, 0.4) is 0 Å². The van der Waals surface area contributed by atoms with Crippen LogP contribution >= 0.6 is 15.9 Å². The van der Waals surface area contributed by atoms with E-state index in [-0.39, 0.29) is 0 Å². The highest BCUT2D eigenvalue weighted by molar-refractivity contribution is 9.10. The fourth-order valence-corrected chi connectivity index (χ4v) is 2.11. The van der Waals surface area contributed by atoms with E-state index >= 15 is 0 Å². The minimum absolute atomic E-state index is 1.04. The minimum Gasteiger partial charge on any atom is -0.260 e.